The number of anilines is 1. The van der Waals surface area contributed by atoms with Crippen LogP contribution in [0.25, 0.3) is 11.0 Å². The van der Waals surface area contributed by atoms with Gasteiger partial charge in [0, 0.05) is 11.0 Å². The summed E-state index contributed by atoms with van der Waals surface area (Å²) in [5.74, 6) is -3.74. The number of hydrogen-bond donors (Lipinski definition) is 3. The minimum atomic E-state index is -1.30. The van der Waals surface area contributed by atoms with Crippen molar-refractivity contribution >= 4 is 91.9 Å². The molecule has 3 heterocycles. The number of benzene rings is 1. The van der Waals surface area contributed by atoms with Gasteiger partial charge in [-0.05, 0) is 42.5 Å². The van der Waals surface area contributed by atoms with E-state index in [-0.39, 0.29) is 30.9 Å². The first-order valence-corrected chi connectivity index (χ1v) is 14.9. The molecule has 1 aromatic heterocycles. The Labute approximate surface area is 249 Å². The third-order valence-corrected chi connectivity index (χ3v) is 10.2. The molecule has 1 amide bonds. The molecule has 1 saturated carbocycles. The summed E-state index contributed by atoms with van der Waals surface area (Å²) in [6.07, 6.45) is 3.29. The van der Waals surface area contributed by atoms with Crippen LogP contribution in [-0.4, -0.2) is 73.1 Å². The molecule has 214 valence electrons. The number of nitrogens with zero attached hydrogens (tertiary/aromatic N) is 3. The van der Waals surface area contributed by atoms with Crippen LogP contribution in [0, 0.1) is 5.92 Å². The fourth-order valence-corrected chi connectivity index (χ4v) is 8.09. The largest absolute Gasteiger partial charge is 0.497 e. The van der Waals surface area contributed by atoms with Crippen LogP contribution in [0.2, 0.25) is 0 Å². The van der Waals surface area contributed by atoms with E-state index in [1.54, 1.807) is 23.1 Å². The van der Waals surface area contributed by atoms with E-state index in [0.29, 0.717) is 16.5 Å². The molecule has 1 aromatic carbocycles. The summed E-state index contributed by atoms with van der Waals surface area (Å²) in [6, 6.07) is 5.35. The first-order chi connectivity index (χ1) is 19.5. The van der Waals surface area contributed by atoms with Crippen molar-refractivity contribution in [2.24, 2.45) is 5.92 Å². The topological polar surface area (TPSA) is 167 Å². The Balaban J connectivity index is 1.71. The van der Waals surface area contributed by atoms with Crippen LogP contribution in [0.5, 0.6) is 5.75 Å². The minimum Gasteiger partial charge on any atom is -0.497 e. The number of aromatic nitrogens is 1. The van der Waals surface area contributed by atoms with Crippen LogP contribution in [-0.2, 0) is 25.7 Å². The van der Waals surface area contributed by atoms with Gasteiger partial charge in [0.05, 0.1) is 22.4 Å². The number of ether oxygens (including phenoxy) is 1. The number of carbonyl (C=O) groups excluding carboxylic acids is 1. The smallest absolute Gasteiger partial charge is 0.323 e. The molecule has 0 unspecified atom stereocenters. The molecule has 41 heavy (non-hydrogen) atoms. The van der Waals surface area contributed by atoms with Gasteiger partial charge < -0.3 is 25.0 Å². The highest BCUT2D eigenvalue weighted by molar-refractivity contribution is 8.30. The highest BCUT2D eigenvalue weighted by Crippen LogP contribution is 2.52. The lowest BCUT2D eigenvalue weighted by molar-refractivity contribution is -0.140. The summed E-state index contributed by atoms with van der Waals surface area (Å²) in [6.45, 7) is -1.71. The van der Waals surface area contributed by atoms with E-state index >= 15 is 0 Å². The van der Waals surface area contributed by atoms with E-state index in [2.05, 4.69) is 0 Å². The van der Waals surface area contributed by atoms with Crippen molar-refractivity contribution in [1.82, 2.24) is 9.47 Å². The van der Waals surface area contributed by atoms with Crippen molar-refractivity contribution < 1.29 is 39.2 Å². The van der Waals surface area contributed by atoms with Gasteiger partial charge >= 0.3 is 17.9 Å². The summed E-state index contributed by atoms with van der Waals surface area (Å²) >= 11 is 8.27. The summed E-state index contributed by atoms with van der Waals surface area (Å²) < 4.78 is 6.50. The molecule has 2 aliphatic heterocycles. The van der Waals surface area contributed by atoms with Gasteiger partial charge in [-0.15, -0.1) is 11.3 Å². The molecular formula is C25H21N3O9S4. The molecule has 0 spiro atoms. The maximum Gasteiger partial charge on any atom is 0.323 e. The van der Waals surface area contributed by atoms with Gasteiger partial charge in [-0.2, -0.15) is 0 Å². The lowest BCUT2D eigenvalue weighted by atomic mass is 10.1. The van der Waals surface area contributed by atoms with Crippen LogP contribution in [0.4, 0.5) is 5.69 Å². The second kappa shape index (κ2) is 11.3. The average molecular weight is 636 g/mol. The number of hydrogen-bond acceptors (Lipinski definition) is 11. The second-order valence-corrected chi connectivity index (χ2v) is 12.8. The number of thiocarbonyl (C=S) groups is 1. The molecule has 3 N–H and O–H groups in total. The number of amides is 1. The third kappa shape index (κ3) is 5.77. The highest BCUT2D eigenvalue weighted by atomic mass is 32.2. The summed E-state index contributed by atoms with van der Waals surface area (Å²) in [7, 11) is 1.51. The molecule has 1 saturated heterocycles. The van der Waals surface area contributed by atoms with Crippen molar-refractivity contribution in [3.63, 3.8) is 0 Å². The summed E-state index contributed by atoms with van der Waals surface area (Å²) in [5.41, 5.74) is 0.753. The molecule has 1 aliphatic carbocycles. The Morgan fingerprint density at radius 3 is 2.29 bits per heavy atom. The maximum atomic E-state index is 13.5. The van der Waals surface area contributed by atoms with Gasteiger partial charge in [-0.25, -0.2) is 0 Å². The molecule has 2 aromatic rings. The Hall–Kier alpha value is -3.60. The monoisotopic (exact) mass is 635 g/mol. The van der Waals surface area contributed by atoms with E-state index < -0.39 is 42.5 Å². The fourth-order valence-electron chi connectivity index (χ4n) is 4.35. The molecule has 2 fully saturated rings. The van der Waals surface area contributed by atoms with Crippen LogP contribution in [0.1, 0.15) is 12.8 Å². The molecule has 5 rings (SSSR count). The van der Waals surface area contributed by atoms with Gasteiger partial charge in [0.1, 0.15) is 39.3 Å². The number of carboxylic acid groups (broad SMARTS) is 3. The Kier molecular flexibility index (Phi) is 8.00. The van der Waals surface area contributed by atoms with Gasteiger partial charge in [-0.3, -0.25) is 33.4 Å². The van der Waals surface area contributed by atoms with Gasteiger partial charge in [-0.1, -0.05) is 35.7 Å². The van der Waals surface area contributed by atoms with Gasteiger partial charge in [0.15, 0.2) is 0 Å². The number of carboxylic acids is 3. The number of thioether (sulfide) groups is 2. The first kappa shape index (κ1) is 28.9. The first-order valence-electron chi connectivity index (χ1n) is 12.0. The molecular weight excluding hydrogens is 615 g/mol. The standard InChI is InChI=1S/C25H21N3O9S4/c1-37-12-4-5-15-14(6-12)26(8-17(29)30)23(39-15)13(11-2-3-11)7-16-21(35)27(9-18(31)32)24(40-16)20-22(36)28(10-19(33)34)25(38)41-20/h4-7,11H,2-3,8-10H2,1H3,(H,29,30)(H,31,32)(H,33,34). The number of allylic oxidation sites excluding steroid dienone is 1. The van der Waals surface area contributed by atoms with E-state index in [1.807, 2.05) is 6.07 Å². The van der Waals surface area contributed by atoms with Crippen molar-refractivity contribution in [2.75, 3.05) is 25.1 Å². The molecule has 12 nitrogen and oxygen atoms in total. The Bertz CT molecular complexity index is 1740. The zero-order valence-electron chi connectivity index (χ0n) is 21.2. The molecule has 0 atom stereocenters. The lowest BCUT2D eigenvalue weighted by Crippen LogP contribution is -2.36. The Morgan fingerprint density at radius 2 is 1.68 bits per heavy atom. The average Bonchev–Trinajstić information content (AvgIpc) is 3.57. The lowest BCUT2D eigenvalue weighted by Gasteiger charge is -2.20. The predicted molar refractivity (Wildman–Crippen MR) is 156 cm³/mol. The normalized spacial score (nSPS) is 19.6. The highest BCUT2D eigenvalue weighted by Gasteiger charge is 2.37. The van der Waals surface area contributed by atoms with Crippen molar-refractivity contribution in [1.29, 1.82) is 0 Å². The maximum absolute atomic E-state index is 13.5. The van der Waals surface area contributed by atoms with E-state index in [4.69, 9.17) is 22.1 Å². The molecule has 0 bridgehead atoms. The van der Waals surface area contributed by atoms with Crippen molar-refractivity contribution in [2.45, 2.75) is 24.3 Å². The van der Waals surface area contributed by atoms with E-state index in [0.717, 1.165) is 55.9 Å². The summed E-state index contributed by atoms with van der Waals surface area (Å²) in [4.78, 5) is 64.6. The van der Waals surface area contributed by atoms with Gasteiger partial charge in [0.2, 0.25) is 0 Å². The molecule has 16 heteroatoms. The van der Waals surface area contributed by atoms with E-state index in [9.17, 15) is 34.2 Å². The van der Waals surface area contributed by atoms with E-state index in [1.165, 1.54) is 18.9 Å². The molecule has 0 radical (unpaired) electrons. The van der Waals surface area contributed by atoms with Crippen LogP contribution in [0.15, 0.2) is 38.5 Å². The zero-order chi connectivity index (χ0) is 29.6. The van der Waals surface area contributed by atoms with Crippen LogP contribution < -0.4 is 24.4 Å². The van der Waals surface area contributed by atoms with Gasteiger partial charge in [0.25, 0.3) is 11.5 Å². The predicted octanol–water partition coefficient (Wildman–Crippen LogP) is 1.16. The second-order valence-electron chi connectivity index (χ2n) is 9.13. The number of carbonyl (C=O) groups is 4. The van der Waals surface area contributed by atoms with Crippen LogP contribution >= 0.6 is 47.1 Å². The summed E-state index contributed by atoms with van der Waals surface area (Å²) in [5, 5.41) is 29.0. The Morgan fingerprint density at radius 1 is 1.02 bits per heavy atom. The van der Waals surface area contributed by atoms with Crippen molar-refractivity contribution in [3.05, 3.63) is 48.4 Å². The number of aliphatic carboxylic acids is 3. The zero-order valence-corrected chi connectivity index (χ0v) is 24.5. The number of fused-ring (bicyclic) bond motifs is 1. The quantitative estimate of drug-likeness (QED) is 0.336. The number of rotatable bonds is 9. The number of methoxy groups -OCH3 is 1. The fraction of sp³-hybridized carbons (Fsp3) is 0.280. The minimum absolute atomic E-state index is 0.0127. The van der Waals surface area contributed by atoms with Crippen molar-refractivity contribution in [3.8, 4) is 5.75 Å². The molecule has 3 aliphatic rings. The SMILES string of the molecule is COc1ccc2c(c1)N(CC(=O)O)C(=C(C=c1sc(=C3SC(=S)N(CC(=O)O)C3=O)n(CC(=O)O)c1=O)C1CC1)S2. The number of thiazole rings is 1. The third-order valence-electron chi connectivity index (χ3n) is 6.29. The van der Waals surface area contributed by atoms with Crippen LogP contribution in [0.3, 0.4) is 0 Å².